The van der Waals surface area contributed by atoms with Crippen molar-refractivity contribution in [2.45, 2.75) is 18.6 Å². The predicted molar refractivity (Wildman–Crippen MR) is 66.5 cm³/mol. The van der Waals surface area contributed by atoms with Gasteiger partial charge in [0, 0.05) is 28.9 Å². The Kier molecular flexibility index (Phi) is 4.48. The van der Waals surface area contributed by atoms with Crippen LogP contribution in [0.1, 0.15) is 18.4 Å². The monoisotopic (exact) mass is 238 g/mol. The molecule has 1 saturated heterocycles. The van der Waals surface area contributed by atoms with Gasteiger partial charge in [0.2, 0.25) is 0 Å². The number of nitrogens with zero attached hydrogens (tertiary/aromatic N) is 1. The molecule has 4 heteroatoms. The van der Waals surface area contributed by atoms with Crippen LogP contribution in [0.15, 0.2) is 24.5 Å². The van der Waals surface area contributed by atoms with E-state index < -0.39 is 10.8 Å². The van der Waals surface area contributed by atoms with Crippen molar-refractivity contribution in [1.82, 2.24) is 10.3 Å². The van der Waals surface area contributed by atoms with Crippen molar-refractivity contribution in [2.75, 3.05) is 18.8 Å². The van der Waals surface area contributed by atoms with Crippen LogP contribution < -0.4 is 5.32 Å². The lowest BCUT2D eigenvalue weighted by Crippen LogP contribution is -2.32. The summed E-state index contributed by atoms with van der Waals surface area (Å²) < 4.78 is 11.9. The Hall–Kier alpha value is -0.740. The molecular weight excluding hydrogens is 220 g/mol. The third kappa shape index (κ3) is 3.68. The highest BCUT2D eigenvalue weighted by atomic mass is 32.2. The highest BCUT2D eigenvalue weighted by molar-refractivity contribution is 7.84. The zero-order valence-electron chi connectivity index (χ0n) is 9.39. The van der Waals surface area contributed by atoms with Crippen molar-refractivity contribution in [3.05, 3.63) is 30.1 Å². The van der Waals surface area contributed by atoms with Gasteiger partial charge in [-0.25, -0.2) is 0 Å². The standard InChI is InChI=1S/C12H18N2OS/c15-16(9-11-3-1-5-13-7-11)10-12-4-2-6-14-8-12/h1,3,5,7,12,14H,2,4,6,8-10H2. The average Bonchev–Trinajstić information content (AvgIpc) is 2.31. The fourth-order valence-electron chi connectivity index (χ4n) is 2.06. The van der Waals surface area contributed by atoms with Gasteiger partial charge in [0.25, 0.3) is 0 Å². The summed E-state index contributed by atoms with van der Waals surface area (Å²) in [6.07, 6.45) is 5.98. The summed E-state index contributed by atoms with van der Waals surface area (Å²) in [5.74, 6) is 2.05. The summed E-state index contributed by atoms with van der Waals surface area (Å²) in [5.41, 5.74) is 1.07. The summed E-state index contributed by atoms with van der Waals surface area (Å²) >= 11 is 0. The van der Waals surface area contributed by atoms with Crippen LogP contribution >= 0.6 is 0 Å². The minimum atomic E-state index is -0.749. The van der Waals surface area contributed by atoms with Gasteiger partial charge in [0.05, 0.1) is 5.75 Å². The van der Waals surface area contributed by atoms with Crippen LogP contribution in [-0.4, -0.2) is 28.0 Å². The molecule has 0 radical (unpaired) electrons. The molecule has 0 aliphatic carbocycles. The maximum Gasteiger partial charge on any atom is 0.0500 e. The molecule has 0 amide bonds. The lowest BCUT2D eigenvalue weighted by atomic mass is 10.0. The molecule has 2 heterocycles. The zero-order chi connectivity index (χ0) is 11.2. The second-order valence-electron chi connectivity index (χ2n) is 4.32. The number of nitrogens with one attached hydrogen (secondary N) is 1. The van der Waals surface area contributed by atoms with Gasteiger partial charge in [-0.05, 0) is 43.5 Å². The Morgan fingerprint density at radius 1 is 1.56 bits per heavy atom. The summed E-state index contributed by atoms with van der Waals surface area (Å²) in [7, 11) is -0.749. The average molecular weight is 238 g/mol. The van der Waals surface area contributed by atoms with E-state index in [9.17, 15) is 4.21 Å². The molecular formula is C12H18N2OS. The van der Waals surface area contributed by atoms with E-state index in [0.29, 0.717) is 11.7 Å². The maximum absolute atomic E-state index is 11.9. The van der Waals surface area contributed by atoms with Crippen molar-refractivity contribution < 1.29 is 4.21 Å². The minimum absolute atomic E-state index is 0.589. The lowest BCUT2D eigenvalue weighted by molar-refractivity contribution is 0.408. The van der Waals surface area contributed by atoms with Gasteiger partial charge in [-0.15, -0.1) is 0 Å². The molecule has 0 bridgehead atoms. The number of piperidine rings is 1. The van der Waals surface area contributed by atoms with Crippen LogP contribution in [0.3, 0.4) is 0 Å². The van der Waals surface area contributed by atoms with Crippen LogP contribution in [-0.2, 0) is 16.6 Å². The molecule has 88 valence electrons. The second kappa shape index (κ2) is 6.11. The van der Waals surface area contributed by atoms with Gasteiger partial charge in [0.1, 0.15) is 0 Å². The van der Waals surface area contributed by atoms with E-state index in [1.807, 2.05) is 12.1 Å². The Bertz CT molecular complexity index is 336. The molecule has 0 spiro atoms. The second-order valence-corrected chi connectivity index (χ2v) is 5.83. The first kappa shape index (κ1) is 11.7. The molecule has 2 atom stereocenters. The normalized spacial score (nSPS) is 22.9. The van der Waals surface area contributed by atoms with E-state index >= 15 is 0 Å². The number of rotatable bonds is 4. The summed E-state index contributed by atoms with van der Waals surface area (Å²) in [6, 6.07) is 3.89. The molecule has 16 heavy (non-hydrogen) atoms. The van der Waals surface area contributed by atoms with Crippen LogP contribution in [0.25, 0.3) is 0 Å². The molecule has 1 N–H and O–H groups in total. The molecule has 1 aliphatic rings. The molecule has 1 aromatic rings. The molecule has 2 rings (SSSR count). The quantitative estimate of drug-likeness (QED) is 0.860. The van der Waals surface area contributed by atoms with E-state index in [0.717, 1.165) is 24.4 Å². The third-order valence-electron chi connectivity index (χ3n) is 2.87. The lowest BCUT2D eigenvalue weighted by Gasteiger charge is -2.22. The third-order valence-corrected chi connectivity index (χ3v) is 4.37. The fraction of sp³-hybridized carbons (Fsp3) is 0.583. The Morgan fingerprint density at radius 2 is 2.50 bits per heavy atom. The number of pyridine rings is 1. The highest BCUT2D eigenvalue weighted by Gasteiger charge is 2.15. The van der Waals surface area contributed by atoms with Gasteiger partial charge in [-0.1, -0.05) is 6.07 Å². The molecule has 1 aromatic heterocycles. The highest BCUT2D eigenvalue weighted by Crippen LogP contribution is 2.13. The van der Waals surface area contributed by atoms with E-state index in [-0.39, 0.29) is 0 Å². The predicted octanol–water partition coefficient (Wildman–Crippen LogP) is 1.33. The molecule has 2 unspecified atom stereocenters. The molecule has 0 aromatic carbocycles. The first-order valence-corrected chi connectivity index (χ1v) is 7.28. The van der Waals surface area contributed by atoms with Crippen LogP contribution in [0.2, 0.25) is 0 Å². The minimum Gasteiger partial charge on any atom is -0.316 e. The van der Waals surface area contributed by atoms with Crippen molar-refractivity contribution in [1.29, 1.82) is 0 Å². The van der Waals surface area contributed by atoms with Crippen LogP contribution in [0.4, 0.5) is 0 Å². The first-order chi connectivity index (χ1) is 7.84. The summed E-state index contributed by atoms with van der Waals surface area (Å²) in [4.78, 5) is 4.04. The van der Waals surface area contributed by atoms with E-state index in [1.165, 1.54) is 12.8 Å². The topological polar surface area (TPSA) is 42.0 Å². The van der Waals surface area contributed by atoms with Gasteiger partial charge in [-0.3, -0.25) is 9.19 Å². The summed E-state index contributed by atoms with van der Waals surface area (Å²) in [6.45, 7) is 2.14. The fourth-order valence-corrected chi connectivity index (χ4v) is 3.53. The van der Waals surface area contributed by atoms with Gasteiger partial charge >= 0.3 is 0 Å². The Morgan fingerprint density at radius 3 is 3.19 bits per heavy atom. The van der Waals surface area contributed by atoms with Crippen LogP contribution in [0, 0.1) is 5.92 Å². The number of hydrogen-bond donors (Lipinski definition) is 1. The Labute approximate surface area is 99.1 Å². The SMILES string of the molecule is O=S(Cc1cccnc1)CC1CCCNC1. The van der Waals surface area contributed by atoms with Crippen molar-refractivity contribution in [2.24, 2.45) is 5.92 Å². The number of hydrogen-bond acceptors (Lipinski definition) is 3. The van der Waals surface area contributed by atoms with E-state index in [1.54, 1.807) is 12.4 Å². The molecule has 1 fully saturated rings. The molecule has 1 aliphatic heterocycles. The van der Waals surface area contributed by atoms with Crippen molar-refractivity contribution in [3.8, 4) is 0 Å². The van der Waals surface area contributed by atoms with Crippen molar-refractivity contribution in [3.63, 3.8) is 0 Å². The number of aromatic nitrogens is 1. The van der Waals surface area contributed by atoms with Gasteiger partial charge in [0.15, 0.2) is 0 Å². The zero-order valence-corrected chi connectivity index (χ0v) is 10.2. The van der Waals surface area contributed by atoms with Crippen molar-refractivity contribution >= 4 is 10.8 Å². The van der Waals surface area contributed by atoms with Gasteiger partial charge < -0.3 is 5.32 Å². The van der Waals surface area contributed by atoms with E-state index in [2.05, 4.69) is 10.3 Å². The maximum atomic E-state index is 11.9. The largest absolute Gasteiger partial charge is 0.316 e. The molecule has 3 nitrogen and oxygen atoms in total. The first-order valence-electron chi connectivity index (χ1n) is 5.79. The summed E-state index contributed by atoms with van der Waals surface area (Å²) in [5, 5.41) is 3.36. The van der Waals surface area contributed by atoms with Gasteiger partial charge in [-0.2, -0.15) is 0 Å². The Balaban J connectivity index is 1.80. The van der Waals surface area contributed by atoms with E-state index in [4.69, 9.17) is 0 Å². The smallest absolute Gasteiger partial charge is 0.0500 e. The van der Waals surface area contributed by atoms with Crippen LogP contribution in [0.5, 0.6) is 0 Å². The molecule has 0 saturated carbocycles.